The van der Waals surface area contributed by atoms with E-state index >= 15 is 0 Å². The van der Waals surface area contributed by atoms with Gasteiger partial charge in [0.05, 0.1) is 18.0 Å². The molecule has 6 heteroatoms. The fraction of sp³-hybridized carbons (Fsp3) is 0.316. The normalized spacial score (nSPS) is 11.3. The molecule has 0 saturated heterocycles. The summed E-state index contributed by atoms with van der Waals surface area (Å²) in [5.41, 5.74) is 2.67. The second-order valence-electron chi connectivity index (χ2n) is 6.46. The fourth-order valence-corrected chi connectivity index (χ4v) is 2.51. The first-order chi connectivity index (χ1) is 11.9. The van der Waals surface area contributed by atoms with Crippen LogP contribution >= 0.6 is 0 Å². The first kappa shape index (κ1) is 17.0. The van der Waals surface area contributed by atoms with E-state index < -0.39 is 0 Å². The topological polar surface area (TPSA) is 69.0 Å². The predicted octanol–water partition coefficient (Wildman–Crippen LogP) is 4.05. The van der Waals surface area contributed by atoms with E-state index in [4.69, 9.17) is 4.74 Å². The van der Waals surface area contributed by atoms with E-state index in [1.54, 1.807) is 18.6 Å². The molecule has 1 N–H and O–H groups in total. The van der Waals surface area contributed by atoms with Gasteiger partial charge in [0.25, 0.3) is 5.91 Å². The van der Waals surface area contributed by atoms with Crippen LogP contribution in [0.15, 0.2) is 42.9 Å². The lowest BCUT2D eigenvalue weighted by Crippen LogP contribution is -2.12. The molecular weight excluding hydrogens is 316 g/mol. The van der Waals surface area contributed by atoms with Gasteiger partial charge in [-0.1, -0.05) is 0 Å². The van der Waals surface area contributed by atoms with Crippen LogP contribution in [0.3, 0.4) is 0 Å². The molecule has 3 aromatic rings. The SMILES string of the molecule is CC(C)Oc1ccc(NC(=O)c2cnc3c(c2)ncn3C(C)C)cc1. The Bertz CT molecular complexity index is 882. The molecule has 0 fully saturated rings. The number of fused-ring (bicyclic) bond motifs is 1. The maximum Gasteiger partial charge on any atom is 0.257 e. The van der Waals surface area contributed by atoms with Crippen LogP contribution in [0.25, 0.3) is 11.2 Å². The number of hydrogen-bond acceptors (Lipinski definition) is 4. The Hall–Kier alpha value is -2.89. The fourth-order valence-electron chi connectivity index (χ4n) is 2.51. The summed E-state index contributed by atoms with van der Waals surface area (Å²) in [7, 11) is 0. The molecule has 1 aromatic carbocycles. The first-order valence-corrected chi connectivity index (χ1v) is 8.34. The van der Waals surface area contributed by atoms with Crippen molar-refractivity contribution >= 4 is 22.8 Å². The van der Waals surface area contributed by atoms with Gasteiger partial charge in [-0.3, -0.25) is 4.79 Å². The first-order valence-electron chi connectivity index (χ1n) is 8.34. The van der Waals surface area contributed by atoms with Gasteiger partial charge in [-0.2, -0.15) is 0 Å². The highest BCUT2D eigenvalue weighted by molar-refractivity contribution is 6.05. The van der Waals surface area contributed by atoms with E-state index in [1.165, 1.54) is 0 Å². The monoisotopic (exact) mass is 338 g/mol. The van der Waals surface area contributed by atoms with E-state index in [2.05, 4.69) is 29.1 Å². The smallest absolute Gasteiger partial charge is 0.257 e. The average Bonchev–Trinajstić information content (AvgIpc) is 2.99. The number of aromatic nitrogens is 3. The molecule has 1 amide bonds. The van der Waals surface area contributed by atoms with Crippen LogP contribution in [0, 0.1) is 0 Å². The Labute approximate surface area is 146 Å². The van der Waals surface area contributed by atoms with Crippen LogP contribution in [0.2, 0.25) is 0 Å². The van der Waals surface area contributed by atoms with Crippen molar-refractivity contribution in [3.05, 3.63) is 48.4 Å². The van der Waals surface area contributed by atoms with Crippen LogP contribution < -0.4 is 10.1 Å². The van der Waals surface area contributed by atoms with Gasteiger partial charge in [0, 0.05) is 17.9 Å². The van der Waals surface area contributed by atoms with Gasteiger partial charge in [-0.15, -0.1) is 0 Å². The summed E-state index contributed by atoms with van der Waals surface area (Å²) in [6.07, 6.45) is 3.44. The Kier molecular flexibility index (Phi) is 4.70. The molecule has 25 heavy (non-hydrogen) atoms. The Balaban J connectivity index is 1.75. The Morgan fingerprint density at radius 2 is 1.84 bits per heavy atom. The molecule has 2 aromatic heterocycles. The van der Waals surface area contributed by atoms with Gasteiger partial charge >= 0.3 is 0 Å². The molecule has 3 rings (SSSR count). The van der Waals surface area contributed by atoms with Crippen LogP contribution in [0.5, 0.6) is 5.75 Å². The zero-order valence-corrected chi connectivity index (χ0v) is 14.9. The minimum Gasteiger partial charge on any atom is -0.491 e. The molecule has 0 unspecified atom stereocenters. The number of benzene rings is 1. The minimum atomic E-state index is -0.217. The summed E-state index contributed by atoms with van der Waals surface area (Å²) in [6.45, 7) is 8.07. The molecular formula is C19H22N4O2. The number of ether oxygens (including phenoxy) is 1. The highest BCUT2D eigenvalue weighted by Crippen LogP contribution is 2.19. The van der Waals surface area contributed by atoms with E-state index in [0.717, 1.165) is 11.4 Å². The van der Waals surface area contributed by atoms with Crippen molar-refractivity contribution in [2.24, 2.45) is 0 Å². The summed E-state index contributed by atoms with van der Waals surface area (Å²) >= 11 is 0. The number of nitrogens with zero attached hydrogens (tertiary/aromatic N) is 3. The number of hydrogen-bond donors (Lipinski definition) is 1. The third-order valence-corrected chi connectivity index (χ3v) is 3.72. The largest absolute Gasteiger partial charge is 0.491 e. The van der Waals surface area contributed by atoms with Crippen molar-refractivity contribution in [2.75, 3.05) is 5.32 Å². The van der Waals surface area contributed by atoms with Crippen LogP contribution in [0.1, 0.15) is 44.1 Å². The maximum atomic E-state index is 12.4. The number of rotatable bonds is 5. The molecule has 130 valence electrons. The molecule has 0 saturated carbocycles. The van der Waals surface area contributed by atoms with E-state index in [0.29, 0.717) is 16.8 Å². The highest BCUT2D eigenvalue weighted by atomic mass is 16.5. The van der Waals surface area contributed by atoms with Crippen LogP contribution in [-0.4, -0.2) is 26.5 Å². The summed E-state index contributed by atoms with van der Waals surface area (Å²) in [6, 6.07) is 9.32. The number of amides is 1. The van der Waals surface area contributed by atoms with Crippen molar-refractivity contribution in [1.29, 1.82) is 0 Å². The van der Waals surface area contributed by atoms with Gasteiger partial charge in [0.2, 0.25) is 0 Å². The van der Waals surface area contributed by atoms with Crippen LogP contribution in [-0.2, 0) is 0 Å². The highest BCUT2D eigenvalue weighted by Gasteiger charge is 2.12. The summed E-state index contributed by atoms with van der Waals surface area (Å²) in [5, 5.41) is 2.86. The number of pyridine rings is 1. The Morgan fingerprint density at radius 1 is 1.12 bits per heavy atom. The Morgan fingerprint density at radius 3 is 2.48 bits per heavy atom. The van der Waals surface area contributed by atoms with Crippen molar-refractivity contribution in [3.63, 3.8) is 0 Å². The van der Waals surface area contributed by atoms with Gasteiger partial charge in [-0.25, -0.2) is 9.97 Å². The molecule has 2 heterocycles. The number of carbonyl (C=O) groups is 1. The number of carbonyl (C=O) groups excluding carboxylic acids is 1. The van der Waals surface area contributed by atoms with Crippen molar-refractivity contribution < 1.29 is 9.53 Å². The summed E-state index contributed by atoms with van der Waals surface area (Å²) < 4.78 is 7.57. The van der Waals surface area contributed by atoms with Crippen LogP contribution in [0.4, 0.5) is 5.69 Å². The molecule has 0 aliphatic heterocycles. The van der Waals surface area contributed by atoms with E-state index in [9.17, 15) is 4.79 Å². The predicted molar refractivity (Wildman–Crippen MR) is 98.1 cm³/mol. The quantitative estimate of drug-likeness (QED) is 0.762. The van der Waals surface area contributed by atoms with Crippen molar-refractivity contribution in [1.82, 2.24) is 14.5 Å². The number of nitrogens with one attached hydrogen (secondary N) is 1. The summed E-state index contributed by atoms with van der Waals surface area (Å²) in [5.74, 6) is 0.557. The maximum absolute atomic E-state index is 12.4. The third-order valence-electron chi connectivity index (χ3n) is 3.72. The lowest BCUT2D eigenvalue weighted by Gasteiger charge is -2.11. The lowest BCUT2D eigenvalue weighted by molar-refractivity contribution is 0.102. The second kappa shape index (κ2) is 6.93. The molecule has 0 atom stereocenters. The summed E-state index contributed by atoms with van der Waals surface area (Å²) in [4.78, 5) is 21.2. The van der Waals surface area contributed by atoms with Crippen molar-refractivity contribution in [2.45, 2.75) is 39.8 Å². The second-order valence-corrected chi connectivity index (χ2v) is 6.46. The van der Waals surface area contributed by atoms with E-state index in [-0.39, 0.29) is 18.1 Å². The van der Waals surface area contributed by atoms with E-state index in [1.807, 2.05) is 42.7 Å². The molecule has 0 aliphatic carbocycles. The average molecular weight is 338 g/mol. The van der Waals surface area contributed by atoms with Crippen molar-refractivity contribution in [3.8, 4) is 5.75 Å². The third kappa shape index (κ3) is 3.79. The molecule has 0 radical (unpaired) electrons. The standard InChI is InChI=1S/C19H22N4O2/c1-12(2)23-11-21-17-9-14(10-20-18(17)23)19(24)22-15-5-7-16(8-6-15)25-13(3)4/h5-13H,1-4H3,(H,22,24). The zero-order valence-electron chi connectivity index (χ0n) is 14.9. The molecule has 0 bridgehead atoms. The lowest BCUT2D eigenvalue weighted by atomic mass is 10.2. The minimum absolute atomic E-state index is 0.115. The van der Waals surface area contributed by atoms with Gasteiger partial charge in [-0.05, 0) is 58.0 Å². The van der Waals surface area contributed by atoms with Gasteiger partial charge < -0.3 is 14.6 Å². The number of anilines is 1. The molecule has 0 spiro atoms. The molecule has 6 nitrogen and oxygen atoms in total. The zero-order chi connectivity index (χ0) is 18.0. The number of imidazole rings is 1. The molecule has 0 aliphatic rings. The van der Waals surface area contributed by atoms with Gasteiger partial charge in [0.15, 0.2) is 5.65 Å². The van der Waals surface area contributed by atoms with Gasteiger partial charge in [0.1, 0.15) is 11.3 Å².